The monoisotopic (exact) mass is 380 g/mol. The van der Waals surface area contributed by atoms with E-state index in [9.17, 15) is 4.79 Å². The summed E-state index contributed by atoms with van der Waals surface area (Å²) in [5.41, 5.74) is 3.11. The van der Waals surface area contributed by atoms with Gasteiger partial charge < -0.3 is 9.88 Å². The third-order valence-electron chi connectivity index (χ3n) is 4.20. The number of rotatable bonds is 8. The number of aromatic nitrogens is 3. The van der Waals surface area contributed by atoms with Crippen LogP contribution in [-0.2, 0) is 17.8 Å². The number of benzene rings is 2. The molecule has 0 bridgehead atoms. The molecule has 2 aromatic carbocycles. The van der Waals surface area contributed by atoms with Crippen LogP contribution < -0.4 is 5.32 Å². The molecule has 0 aliphatic carbocycles. The van der Waals surface area contributed by atoms with Crippen molar-refractivity contribution in [2.75, 3.05) is 11.1 Å². The van der Waals surface area contributed by atoms with E-state index in [0.29, 0.717) is 5.75 Å². The van der Waals surface area contributed by atoms with Crippen LogP contribution in [0.4, 0.5) is 5.69 Å². The van der Waals surface area contributed by atoms with Crippen molar-refractivity contribution in [1.29, 1.82) is 0 Å². The number of carbonyl (C=O) groups is 1. The zero-order valence-corrected chi connectivity index (χ0v) is 16.5. The fraction of sp³-hybridized carbons (Fsp3) is 0.286. The van der Waals surface area contributed by atoms with Gasteiger partial charge in [-0.3, -0.25) is 4.79 Å². The fourth-order valence-electron chi connectivity index (χ4n) is 2.81. The Morgan fingerprint density at radius 3 is 2.56 bits per heavy atom. The molecule has 3 aromatic rings. The summed E-state index contributed by atoms with van der Waals surface area (Å²) in [5.74, 6) is 1.21. The van der Waals surface area contributed by atoms with Gasteiger partial charge in [0.15, 0.2) is 5.16 Å². The number of amides is 1. The van der Waals surface area contributed by atoms with E-state index in [0.717, 1.165) is 41.6 Å². The molecule has 5 nitrogen and oxygen atoms in total. The van der Waals surface area contributed by atoms with E-state index < -0.39 is 0 Å². The molecular weight excluding hydrogens is 356 g/mol. The third-order valence-corrected chi connectivity index (χ3v) is 5.16. The summed E-state index contributed by atoms with van der Waals surface area (Å²) in [6, 6.07) is 18.0. The summed E-state index contributed by atoms with van der Waals surface area (Å²) in [4.78, 5) is 12.3. The molecule has 0 spiro atoms. The number of nitrogens with zero attached hydrogens (tertiary/aromatic N) is 3. The molecule has 0 saturated heterocycles. The number of hydrogen-bond acceptors (Lipinski definition) is 4. The highest BCUT2D eigenvalue weighted by Crippen LogP contribution is 2.20. The molecule has 0 unspecified atom stereocenters. The largest absolute Gasteiger partial charge is 0.325 e. The second kappa shape index (κ2) is 9.37. The van der Waals surface area contributed by atoms with Gasteiger partial charge >= 0.3 is 0 Å². The summed E-state index contributed by atoms with van der Waals surface area (Å²) < 4.78 is 2.12. The van der Waals surface area contributed by atoms with Crippen molar-refractivity contribution in [2.24, 2.45) is 0 Å². The number of carbonyl (C=O) groups excluding carboxylic acids is 1. The Morgan fingerprint density at radius 2 is 1.81 bits per heavy atom. The Morgan fingerprint density at radius 1 is 1.07 bits per heavy atom. The van der Waals surface area contributed by atoms with Crippen LogP contribution in [0, 0.1) is 6.92 Å². The van der Waals surface area contributed by atoms with E-state index in [1.807, 2.05) is 49.4 Å². The molecule has 140 valence electrons. The Hall–Kier alpha value is -2.60. The molecule has 27 heavy (non-hydrogen) atoms. The molecule has 0 aliphatic heterocycles. The normalized spacial score (nSPS) is 10.7. The maximum absolute atomic E-state index is 12.3. The molecule has 0 aliphatic rings. The zero-order valence-electron chi connectivity index (χ0n) is 15.7. The van der Waals surface area contributed by atoms with E-state index in [4.69, 9.17) is 0 Å². The standard InChI is InChI=1S/C21H24N4OS/c1-3-13-25-19(14-17-10-5-4-6-11-17)23-24-21(25)27-15-20(26)22-18-12-8-7-9-16(18)2/h4-12H,3,13-15H2,1-2H3,(H,22,26). The molecule has 1 heterocycles. The molecule has 0 radical (unpaired) electrons. The van der Waals surface area contributed by atoms with Crippen molar-refractivity contribution in [3.63, 3.8) is 0 Å². The van der Waals surface area contributed by atoms with Crippen LogP contribution >= 0.6 is 11.8 Å². The molecule has 6 heteroatoms. The number of hydrogen-bond donors (Lipinski definition) is 1. The second-order valence-electron chi connectivity index (χ2n) is 6.36. The van der Waals surface area contributed by atoms with Crippen LogP contribution in [0.1, 0.15) is 30.3 Å². The average molecular weight is 381 g/mol. The van der Waals surface area contributed by atoms with Gasteiger partial charge in [0.05, 0.1) is 5.75 Å². The van der Waals surface area contributed by atoms with Gasteiger partial charge in [-0.05, 0) is 30.5 Å². The average Bonchev–Trinajstić information content (AvgIpc) is 3.05. The van der Waals surface area contributed by atoms with Crippen molar-refractivity contribution < 1.29 is 4.79 Å². The van der Waals surface area contributed by atoms with Gasteiger partial charge in [0.1, 0.15) is 5.82 Å². The Labute approximate surface area is 164 Å². The predicted molar refractivity (Wildman–Crippen MR) is 110 cm³/mol. The first-order chi connectivity index (χ1) is 13.2. The van der Waals surface area contributed by atoms with Gasteiger partial charge in [0, 0.05) is 18.7 Å². The van der Waals surface area contributed by atoms with E-state index in [-0.39, 0.29) is 5.91 Å². The first-order valence-electron chi connectivity index (χ1n) is 9.11. The zero-order chi connectivity index (χ0) is 19.1. The number of thioether (sulfide) groups is 1. The van der Waals surface area contributed by atoms with Crippen molar-refractivity contribution in [3.05, 3.63) is 71.5 Å². The Kier molecular flexibility index (Phi) is 6.65. The maximum atomic E-state index is 12.3. The van der Waals surface area contributed by atoms with Crippen molar-refractivity contribution in [2.45, 2.75) is 38.4 Å². The summed E-state index contributed by atoms with van der Waals surface area (Å²) in [7, 11) is 0. The molecule has 0 atom stereocenters. The molecule has 3 rings (SSSR count). The number of aryl methyl sites for hydroxylation is 1. The van der Waals surface area contributed by atoms with E-state index in [1.54, 1.807) is 0 Å². The summed E-state index contributed by atoms with van der Waals surface area (Å²) in [5, 5.41) is 12.4. The Balaban J connectivity index is 1.65. The smallest absolute Gasteiger partial charge is 0.234 e. The molecule has 1 N–H and O–H groups in total. The third kappa shape index (κ3) is 5.20. The summed E-state index contributed by atoms with van der Waals surface area (Å²) >= 11 is 1.43. The van der Waals surface area contributed by atoms with Gasteiger partial charge in [-0.15, -0.1) is 10.2 Å². The highest BCUT2D eigenvalue weighted by molar-refractivity contribution is 7.99. The van der Waals surface area contributed by atoms with Crippen LogP contribution in [-0.4, -0.2) is 26.4 Å². The SMILES string of the molecule is CCCn1c(Cc2ccccc2)nnc1SCC(=O)Nc1ccccc1C. The molecule has 0 saturated carbocycles. The van der Waals surface area contributed by atoms with Gasteiger partial charge in [-0.2, -0.15) is 0 Å². The van der Waals surface area contributed by atoms with Gasteiger partial charge in [0.25, 0.3) is 0 Å². The lowest BCUT2D eigenvalue weighted by atomic mass is 10.1. The predicted octanol–water partition coefficient (Wildman–Crippen LogP) is 4.32. The van der Waals surface area contributed by atoms with Crippen molar-refractivity contribution in [1.82, 2.24) is 14.8 Å². The second-order valence-corrected chi connectivity index (χ2v) is 7.31. The minimum absolute atomic E-state index is 0.0371. The Bertz CT molecular complexity index is 892. The lowest BCUT2D eigenvalue weighted by Crippen LogP contribution is -2.15. The summed E-state index contributed by atoms with van der Waals surface area (Å²) in [6.45, 7) is 4.96. The maximum Gasteiger partial charge on any atom is 0.234 e. The topological polar surface area (TPSA) is 59.8 Å². The van der Waals surface area contributed by atoms with Gasteiger partial charge in [0.2, 0.25) is 5.91 Å². The lowest BCUT2D eigenvalue weighted by molar-refractivity contribution is -0.113. The van der Waals surface area contributed by atoms with Gasteiger partial charge in [-0.1, -0.05) is 67.2 Å². The van der Waals surface area contributed by atoms with Crippen LogP contribution in [0.5, 0.6) is 0 Å². The minimum Gasteiger partial charge on any atom is -0.325 e. The van der Waals surface area contributed by atoms with Crippen LogP contribution in [0.3, 0.4) is 0 Å². The van der Waals surface area contributed by atoms with Gasteiger partial charge in [-0.25, -0.2) is 0 Å². The van der Waals surface area contributed by atoms with Crippen LogP contribution in [0.25, 0.3) is 0 Å². The summed E-state index contributed by atoms with van der Waals surface area (Å²) in [6.07, 6.45) is 1.73. The highest BCUT2D eigenvalue weighted by Gasteiger charge is 2.14. The van der Waals surface area contributed by atoms with E-state index in [2.05, 4.69) is 39.1 Å². The molecule has 0 fully saturated rings. The lowest BCUT2D eigenvalue weighted by Gasteiger charge is -2.10. The molecular formula is C21H24N4OS. The number of nitrogens with one attached hydrogen (secondary N) is 1. The quantitative estimate of drug-likeness (QED) is 0.591. The van der Waals surface area contributed by atoms with E-state index >= 15 is 0 Å². The highest BCUT2D eigenvalue weighted by atomic mass is 32.2. The first-order valence-corrected chi connectivity index (χ1v) is 10.1. The van der Waals surface area contributed by atoms with Crippen molar-refractivity contribution in [3.8, 4) is 0 Å². The molecule has 1 aromatic heterocycles. The van der Waals surface area contributed by atoms with E-state index in [1.165, 1.54) is 17.3 Å². The minimum atomic E-state index is -0.0371. The van der Waals surface area contributed by atoms with Crippen molar-refractivity contribution >= 4 is 23.4 Å². The number of anilines is 1. The fourth-order valence-corrected chi connectivity index (χ4v) is 3.60. The van der Waals surface area contributed by atoms with Crippen LogP contribution in [0.15, 0.2) is 59.8 Å². The first kappa shape index (κ1) is 19.2. The van der Waals surface area contributed by atoms with Crippen LogP contribution in [0.2, 0.25) is 0 Å². The number of para-hydroxylation sites is 1. The molecule has 1 amide bonds.